The Morgan fingerprint density at radius 1 is 1.39 bits per heavy atom. The number of hydrogen-bond donors (Lipinski definition) is 1. The molecule has 0 amide bonds. The van der Waals surface area contributed by atoms with Crippen LogP contribution in [0.2, 0.25) is 0 Å². The molecule has 1 heterocycles. The number of rotatable bonds is 6. The SMILES string of the molecule is CCOC(=O)/C=C\C[C@H]1O[C@H](OCC)C=C[C@@H]1O. The van der Waals surface area contributed by atoms with Gasteiger partial charge in [-0.2, -0.15) is 0 Å². The summed E-state index contributed by atoms with van der Waals surface area (Å²) in [5.74, 6) is -0.389. The van der Waals surface area contributed by atoms with Crippen molar-refractivity contribution in [2.24, 2.45) is 0 Å². The minimum Gasteiger partial charge on any atom is -0.463 e. The Bertz CT molecular complexity index is 311. The van der Waals surface area contributed by atoms with Gasteiger partial charge in [-0.15, -0.1) is 0 Å². The van der Waals surface area contributed by atoms with Crippen molar-refractivity contribution in [2.75, 3.05) is 13.2 Å². The van der Waals surface area contributed by atoms with Crippen LogP contribution in [-0.4, -0.2) is 42.8 Å². The van der Waals surface area contributed by atoms with Crippen LogP contribution >= 0.6 is 0 Å². The lowest BCUT2D eigenvalue weighted by atomic mass is 10.1. The second-order valence-corrected chi connectivity index (χ2v) is 3.76. The smallest absolute Gasteiger partial charge is 0.330 e. The molecular weight excluding hydrogens is 236 g/mol. The van der Waals surface area contributed by atoms with Gasteiger partial charge < -0.3 is 19.3 Å². The zero-order valence-electron chi connectivity index (χ0n) is 10.7. The molecule has 0 saturated heterocycles. The van der Waals surface area contributed by atoms with E-state index in [1.54, 1.807) is 25.2 Å². The van der Waals surface area contributed by atoms with Crippen LogP contribution in [0.15, 0.2) is 24.3 Å². The van der Waals surface area contributed by atoms with Gasteiger partial charge in [-0.3, -0.25) is 0 Å². The Morgan fingerprint density at radius 3 is 2.83 bits per heavy atom. The molecule has 0 fully saturated rings. The fourth-order valence-corrected chi connectivity index (χ4v) is 1.57. The monoisotopic (exact) mass is 256 g/mol. The highest BCUT2D eigenvalue weighted by Crippen LogP contribution is 2.17. The van der Waals surface area contributed by atoms with E-state index in [1.807, 2.05) is 6.92 Å². The Balaban J connectivity index is 2.41. The quantitative estimate of drug-likeness (QED) is 0.439. The van der Waals surface area contributed by atoms with Gasteiger partial charge >= 0.3 is 5.97 Å². The van der Waals surface area contributed by atoms with E-state index in [0.717, 1.165) is 0 Å². The highest BCUT2D eigenvalue weighted by Gasteiger charge is 2.24. The van der Waals surface area contributed by atoms with E-state index in [-0.39, 0.29) is 5.97 Å². The summed E-state index contributed by atoms with van der Waals surface area (Å²) in [5, 5.41) is 9.71. The van der Waals surface area contributed by atoms with Crippen molar-refractivity contribution in [1.29, 1.82) is 0 Å². The molecule has 0 unspecified atom stereocenters. The van der Waals surface area contributed by atoms with Gasteiger partial charge in [0.15, 0.2) is 6.29 Å². The van der Waals surface area contributed by atoms with E-state index >= 15 is 0 Å². The molecule has 0 radical (unpaired) electrons. The summed E-state index contributed by atoms with van der Waals surface area (Å²) < 4.78 is 15.6. The van der Waals surface area contributed by atoms with Gasteiger partial charge in [0.2, 0.25) is 0 Å². The van der Waals surface area contributed by atoms with Crippen molar-refractivity contribution in [3.8, 4) is 0 Å². The first-order chi connectivity index (χ1) is 8.67. The van der Waals surface area contributed by atoms with Gasteiger partial charge in [0.1, 0.15) is 0 Å². The zero-order valence-corrected chi connectivity index (χ0v) is 10.7. The van der Waals surface area contributed by atoms with E-state index in [4.69, 9.17) is 14.2 Å². The number of aliphatic hydroxyl groups excluding tert-OH is 1. The van der Waals surface area contributed by atoms with Crippen LogP contribution < -0.4 is 0 Å². The predicted molar refractivity (Wildman–Crippen MR) is 65.8 cm³/mol. The summed E-state index contributed by atoms with van der Waals surface area (Å²) in [4.78, 5) is 11.1. The lowest BCUT2D eigenvalue weighted by Crippen LogP contribution is -2.36. The van der Waals surface area contributed by atoms with Crippen molar-refractivity contribution in [3.63, 3.8) is 0 Å². The molecule has 0 aromatic carbocycles. The van der Waals surface area contributed by atoms with Crippen molar-refractivity contribution >= 4 is 5.97 Å². The first-order valence-electron chi connectivity index (χ1n) is 6.14. The third-order valence-electron chi connectivity index (χ3n) is 2.40. The molecule has 1 N–H and O–H groups in total. The number of aliphatic hydroxyl groups is 1. The maximum atomic E-state index is 11.1. The van der Waals surface area contributed by atoms with Gasteiger partial charge in [-0.1, -0.05) is 12.2 Å². The summed E-state index contributed by atoms with van der Waals surface area (Å²) in [5.41, 5.74) is 0. The molecule has 0 bridgehead atoms. The Kier molecular flexibility index (Phi) is 6.64. The van der Waals surface area contributed by atoms with Crippen molar-refractivity contribution in [3.05, 3.63) is 24.3 Å². The molecular formula is C13H20O5. The number of esters is 1. The Labute approximate surface area is 107 Å². The molecule has 18 heavy (non-hydrogen) atoms. The predicted octanol–water partition coefficient (Wildman–Crippen LogP) is 1.17. The summed E-state index contributed by atoms with van der Waals surface area (Å²) in [6, 6.07) is 0. The molecule has 5 nitrogen and oxygen atoms in total. The highest BCUT2D eigenvalue weighted by molar-refractivity contribution is 5.81. The van der Waals surface area contributed by atoms with Crippen LogP contribution in [0.4, 0.5) is 0 Å². The van der Waals surface area contributed by atoms with E-state index in [0.29, 0.717) is 19.6 Å². The molecule has 0 spiro atoms. The molecule has 102 valence electrons. The topological polar surface area (TPSA) is 65.0 Å². The maximum absolute atomic E-state index is 11.1. The van der Waals surface area contributed by atoms with Crippen LogP contribution in [0.5, 0.6) is 0 Å². The van der Waals surface area contributed by atoms with Gasteiger partial charge in [-0.05, 0) is 26.3 Å². The Hall–Kier alpha value is -1.17. The summed E-state index contributed by atoms with van der Waals surface area (Å²) >= 11 is 0. The second-order valence-electron chi connectivity index (χ2n) is 3.76. The summed E-state index contributed by atoms with van der Waals surface area (Å²) in [7, 11) is 0. The van der Waals surface area contributed by atoms with Gasteiger partial charge in [0.25, 0.3) is 0 Å². The van der Waals surface area contributed by atoms with Crippen LogP contribution in [0.25, 0.3) is 0 Å². The third-order valence-corrected chi connectivity index (χ3v) is 2.40. The normalized spacial score (nSPS) is 27.6. The van der Waals surface area contributed by atoms with Crippen LogP contribution in [0, 0.1) is 0 Å². The van der Waals surface area contributed by atoms with Crippen molar-refractivity contribution in [1.82, 2.24) is 0 Å². The second kappa shape index (κ2) is 8.02. The molecule has 1 aliphatic rings. The third kappa shape index (κ3) is 5.00. The Morgan fingerprint density at radius 2 is 2.17 bits per heavy atom. The zero-order chi connectivity index (χ0) is 13.4. The van der Waals surface area contributed by atoms with Crippen LogP contribution in [0.3, 0.4) is 0 Å². The van der Waals surface area contributed by atoms with E-state index in [1.165, 1.54) is 6.08 Å². The van der Waals surface area contributed by atoms with E-state index in [2.05, 4.69) is 0 Å². The van der Waals surface area contributed by atoms with Crippen LogP contribution in [0.1, 0.15) is 20.3 Å². The number of ether oxygens (including phenoxy) is 3. The van der Waals surface area contributed by atoms with E-state index < -0.39 is 18.5 Å². The minimum absolute atomic E-state index is 0.348. The molecule has 5 heteroatoms. The van der Waals surface area contributed by atoms with Crippen molar-refractivity contribution in [2.45, 2.75) is 38.8 Å². The molecule has 0 aliphatic carbocycles. The number of carbonyl (C=O) groups is 1. The lowest BCUT2D eigenvalue weighted by Gasteiger charge is -2.28. The molecule has 0 aromatic rings. The average molecular weight is 256 g/mol. The molecule has 3 atom stereocenters. The standard InChI is InChI=1S/C13H20O5/c1-3-16-12(15)7-5-6-11-10(14)8-9-13(18-11)17-4-2/h5,7-11,13-14H,3-4,6H2,1-2H3/b7-5-/t10-,11+,13-/m0/s1. The first-order valence-corrected chi connectivity index (χ1v) is 6.14. The number of hydrogen-bond acceptors (Lipinski definition) is 5. The fraction of sp³-hybridized carbons (Fsp3) is 0.615. The van der Waals surface area contributed by atoms with Crippen molar-refractivity contribution < 1.29 is 24.1 Å². The van der Waals surface area contributed by atoms with Gasteiger partial charge in [-0.25, -0.2) is 4.79 Å². The molecule has 0 saturated carbocycles. The van der Waals surface area contributed by atoms with Gasteiger partial charge in [0, 0.05) is 12.7 Å². The largest absolute Gasteiger partial charge is 0.463 e. The lowest BCUT2D eigenvalue weighted by molar-refractivity contribution is -0.167. The van der Waals surface area contributed by atoms with E-state index in [9.17, 15) is 9.90 Å². The van der Waals surface area contributed by atoms with Crippen LogP contribution in [-0.2, 0) is 19.0 Å². The molecule has 1 aliphatic heterocycles. The average Bonchev–Trinajstić information content (AvgIpc) is 2.34. The molecule has 1 rings (SSSR count). The summed E-state index contributed by atoms with van der Waals surface area (Å²) in [6.07, 6.45) is 5.20. The minimum atomic E-state index is -0.687. The number of carbonyl (C=O) groups excluding carboxylic acids is 1. The highest BCUT2D eigenvalue weighted by atomic mass is 16.7. The maximum Gasteiger partial charge on any atom is 0.330 e. The van der Waals surface area contributed by atoms with Gasteiger partial charge in [0.05, 0.1) is 18.8 Å². The summed E-state index contributed by atoms with van der Waals surface area (Å²) in [6.45, 7) is 4.51. The first kappa shape index (κ1) is 14.9. The molecule has 0 aromatic heterocycles. The fourth-order valence-electron chi connectivity index (χ4n) is 1.57.